The van der Waals surface area contributed by atoms with Crippen LogP contribution in [-0.4, -0.2) is 37.5 Å². The van der Waals surface area contributed by atoms with Crippen LogP contribution in [0.3, 0.4) is 0 Å². The third kappa shape index (κ3) is 5.52. The van der Waals surface area contributed by atoms with Crippen LogP contribution in [0.15, 0.2) is 29.3 Å². The van der Waals surface area contributed by atoms with Gasteiger partial charge in [-0.2, -0.15) is 0 Å². The van der Waals surface area contributed by atoms with Gasteiger partial charge in [-0.3, -0.25) is 9.89 Å². The lowest BCUT2D eigenvalue weighted by Gasteiger charge is -2.30. The predicted octanol–water partition coefficient (Wildman–Crippen LogP) is 2.99. The molecule has 1 saturated heterocycles. The van der Waals surface area contributed by atoms with Crippen molar-refractivity contribution in [3.05, 3.63) is 35.4 Å². The Morgan fingerprint density at radius 1 is 1.12 bits per heavy atom. The Hall–Kier alpha value is -1.55. The van der Waals surface area contributed by atoms with Gasteiger partial charge in [0, 0.05) is 33.2 Å². The van der Waals surface area contributed by atoms with Crippen molar-refractivity contribution in [2.75, 3.05) is 26.7 Å². The maximum atomic E-state index is 4.29. The summed E-state index contributed by atoms with van der Waals surface area (Å²) in [5, 5.41) is 6.81. The fraction of sp³-hybridized carbons (Fsp3) is 0.650. The molecule has 1 aromatic rings. The van der Waals surface area contributed by atoms with Gasteiger partial charge in [-0.25, -0.2) is 0 Å². The van der Waals surface area contributed by atoms with Gasteiger partial charge < -0.3 is 10.6 Å². The highest BCUT2D eigenvalue weighted by Crippen LogP contribution is 2.27. The third-order valence-electron chi connectivity index (χ3n) is 5.11. The van der Waals surface area contributed by atoms with Crippen molar-refractivity contribution in [2.45, 2.75) is 45.7 Å². The van der Waals surface area contributed by atoms with Crippen LogP contribution in [0.2, 0.25) is 0 Å². The first kappa shape index (κ1) is 17.3. The summed E-state index contributed by atoms with van der Waals surface area (Å²) in [5.74, 6) is 2.62. The molecule has 0 bridgehead atoms. The molecule has 3 rings (SSSR count). The number of likely N-dealkylation sites (tertiary alicyclic amines) is 1. The lowest BCUT2D eigenvalue weighted by molar-refractivity contribution is 0.176. The normalized spacial score (nSPS) is 22.4. The maximum absolute atomic E-state index is 4.29. The molecule has 1 aliphatic carbocycles. The number of rotatable bonds is 6. The highest BCUT2D eigenvalue weighted by Gasteiger charge is 2.21. The number of piperidine rings is 1. The minimum Gasteiger partial charge on any atom is -0.356 e. The largest absolute Gasteiger partial charge is 0.356 e. The van der Waals surface area contributed by atoms with E-state index in [4.69, 9.17) is 0 Å². The van der Waals surface area contributed by atoms with E-state index in [0.717, 1.165) is 37.4 Å². The molecule has 0 spiro atoms. The Balaban J connectivity index is 1.43. The Kier molecular flexibility index (Phi) is 6.13. The van der Waals surface area contributed by atoms with Crippen LogP contribution in [0.5, 0.6) is 0 Å². The average molecular weight is 329 g/mol. The molecule has 1 unspecified atom stereocenters. The highest BCUT2D eigenvalue weighted by atomic mass is 15.2. The summed E-state index contributed by atoms with van der Waals surface area (Å²) >= 11 is 0. The standard InChI is InChI=1S/C20H32N4/c1-16-4-3-11-24(14-16)15-19-9-7-18(8-10-19)13-23-20(21-2)22-12-17-5-6-17/h7-10,16-17H,3-6,11-15H2,1-2H3,(H2,21,22,23). The fourth-order valence-corrected chi connectivity index (χ4v) is 3.42. The summed E-state index contributed by atoms with van der Waals surface area (Å²) in [6.45, 7) is 7.81. The predicted molar refractivity (Wildman–Crippen MR) is 101 cm³/mol. The molecule has 1 atom stereocenters. The van der Waals surface area contributed by atoms with E-state index in [1.807, 2.05) is 7.05 Å². The van der Waals surface area contributed by atoms with E-state index < -0.39 is 0 Å². The van der Waals surface area contributed by atoms with Crippen molar-refractivity contribution in [2.24, 2.45) is 16.8 Å². The molecule has 1 aliphatic heterocycles. The summed E-state index contributed by atoms with van der Waals surface area (Å²) in [7, 11) is 1.84. The third-order valence-corrected chi connectivity index (χ3v) is 5.11. The summed E-state index contributed by atoms with van der Waals surface area (Å²) in [4.78, 5) is 6.88. The Labute approximate surface area is 146 Å². The van der Waals surface area contributed by atoms with Crippen LogP contribution in [0.1, 0.15) is 43.7 Å². The molecule has 0 amide bonds. The molecule has 0 aromatic heterocycles. The van der Waals surface area contributed by atoms with Crippen LogP contribution in [0.25, 0.3) is 0 Å². The minimum absolute atomic E-state index is 0.825. The van der Waals surface area contributed by atoms with Crippen molar-refractivity contribution in [3.63, 3.8) is 0 Å². The van der Waals surface area contributed by atoms with Gasteiger partial charge in [0.15, 0.2) is 5.96 Å². The minimum atomic E-state index is 0.825. The Morgan fingerprint density at radius 3 is 2.54 bits per heavy atom. The SMILES string of the molecule is CN=C(NCc1ccc(CN2CCCC(C)C2)cc1)NCC1CC1. The summed E-state index contributed by atoms with van der Waals surface area (Å²) in [5.41, 5.74) is 2.73. The van der Waals surface area contributed by atoms with Crippen molar-refractivity contribution in [1.29, 1.82) is 0 Å². The van der Waals surface area contributed by atoms with E-state index in [9.17, 15) is 0 Å². The Morgan fingerprint density at radius 2 is 1.88 bits per heavy atom. The molecule has 4 heteroatoms. The van der Waals surface area contributed by atoms with E-state index in [0.29, 0.717) is 0 Å². The lowest BCUT2D eigenvalue weighted by atomic mass is 9.99. The lowest BCUT2D eigenvalue weighted by Crippen LogP contribution is -2.37. The number of hydrogen-bond acceptors (Lipinski definition) is 2. The molecule has 1 saturated carbocycles. The molecule has 2 aliphatic rings. The smallest absolute Gasteiger partial charge is 0.191 e. The number of guanidine groups is 1. The molecule has 2 N–H and O–H groups in total. The van der Waals surface area contributed by atoms with Crippen LogP contribution in [0, 0.1) is 11.8 Å². The highest BCUT2D eigenvalue weighted by molar-refractivity contribution is 5.79. The monoisotopic (exact) mass is 328 g/mol. The van der Waals surface area contributed by atoms with E-state index in [1.165, 1.54) is 49.9 Å². The second kappa shape index (κ2) is 8.52. The van der Waals surface area contributed by atoms with E-state index >= 15 is 0 Å². The van der Waals surface area contributed by atoms with Gasteiger partial charge >= 0.3 is 0 Å². The molecule has 132 valence electrons. The molecule has 1 heterocycles. The molecular formula is C20H32N4. The molecule has 1 aromatic carbocycles. The van der Waals surface area contributed by atoms with Crippen LogP contribution >= 0.6 is 0 Å². The van der Waals surface area contributed by atoms with E-state index in [1.54, 1.807) is 0 Å². The van der Waals surface area contributed by atoms with Crippen molar-refractivity contribution < 1.29 is 0 Å². The Bertz CT molecular complexity index is 533. The number of nitrogens with one attached hydrogen (secondary N) is 2. The first-order chi connectivity index (χ1) is 11.7. The van der Waals surface area contributed by atoms with Gasteiger partial charge in [-0.05, 0) is 55.2 Å². The van der Waals surface area contributed by atoms with Crippen molar-refractivity contribution >= 4 is 5.96 Å². The van der Waals surface area contributed by atoms with Crippen LogP contribution in [0.4, 0.5) is 0 Å². The molecule has 24 heavy (non-hydrogen) atoms. The molecular weight excluding hydrogens is 296 g/mol. The zero-order valence-corrected chi connectivity index (χ0v) is 15.2. The summed E-state index contributed by atoms with van der Waals surface area (Å²) in [6, 6.07) is 9.03. The van der Waals surface area contributed by atoms with Gasteiger partial charge in [0.1, 0.15) is 0 Å². The van der Waals surface area contributed by atoms with Gasteiger partial charge in [-0.1, -0.05) is 31.2 Å². The van der Waals surface area contributed by atoms with Crippen molar-refractivity contribution in [3.8, 4) is 0 Å². The number of nitrogens with zero attached hydrogens (tertiary/aromatic N) is 2. The van der Waals surface area contributed by atoms with Crippen LogP contribution < -0.4 is 10.6 Å². The molecule has 4 nitrogen and oxygen atoms in total. The zero-order chi connectivity index (χ0) is 16.8. The zero-order valence-electron chi connectivity index (χ0n) is 15.2. The van der Waals surface area contributed by atoms with E-state index in [-0.39, 0.29) is 0 Å². The van der Waals surface area contributed by atoms with Gasteiger partial charge in [0.2, 0.25) is 0 Å². The number of hydrogen-bond donors (Lipinski definition) is 2. The van der Waals surface area contributed by atoms with E-state index in [2.05, 4.69) is 51.7 Å². The van der Waals surface area contributed by atoms with Crippen molar-refractivity contribution in [1.82, 2.24) is 15.5 Å². The van der Waals surface area contributed by atoms with Gasteiger partial charge in [0.05, 0.1) is 0 Å². The number of aliphatic imine (C=N–C) groups is 1. The second-order valence-corrected chi connectivity index (χ2v) is 7.55. The first-order valence-corrected chi connectivity index (χ1v) is 9.47. The summed E-state index contributed by atoms with van der Waals surface area (Å²) < 4.78 is 0. The quantitative estimate of drug-likeness (QED) is 0.623. The topological polar surface area (TPSA) is 39.7 Å². The first-order valence-electron chi connectivity index (χ1n) is 9.47. The molecule has 0 radical (unpaired) electrons. The fourth-order valence-electron chi connectivity index (χ4n) is 3.42. The van der Waals surface area contributed by atoms with Gasteiger partial charge in [0.25, 0.3) is 0 Å². The molecule has 2 fully saturated rings. The number of benzene rings is 1. The summed E-state index contributed by atoms with van der Waals surface area (Å²) in [6.07, 6.45) is 5.45. The maximum Gasteiger partial charge on any atom is 0.191 e. The van der Waals surface area contributed by atoms with Crippen LogP contribution in [-0.2, 0) is 13.1 Å². The van der Waals surface area contributed by atoms with Gasteiger partial charge in [-0.15, -0.1) is 0 Å². The second-order valence-electron chi connectivity index (χ2n) is 7.55. The average Bonchev–Trinajstić information content (AvgIpc) is 3.41.